The highest BCUT2D eigenvalue weighted by molar-refractivity contribution is 7.89. The number of nitrogens with one attached hydrogen (secondary N) is 3. The SMILES string of the molecule is CC(C)OC(=O)Nc1ccc(-c2cnc(C3CCCCN3)s2)c(S(=O)(=O)NC(C)(C)C)c1.CC(C)OC(N)=O. The number of thiazole rings is 1. The highest BCUT2D eigenvalue weighted by atomic mass is 32.2. The van der Waals surface area contributed by atoms with E-state index in [-0.39, 0.29) is 23.1 Å². The zero-order valence-corrected chi connectivity index (χ0v) is 25.3. The van der Waals surface area contributed by atoms with Crippen LogP contribution in [0.15, 0.2) is 29.3 Å². The van der Waals surface area contributed by atoms with E-state index in [2.05, 4.69) is 30.8 Å². The van der Waals surface area contributed by atoms with Crippen molar-refractivity contribution in [3.8, 4) is 10.4 Å². The van der Waals surface area contributed by atoms with Crippen molar-refractivity contribution in [2.45, 2.75) is 96.4 Å². The Balaban J connectivity index is 0.000000673. The topological polar surface area (TPSA) is 162 Å². The number of amides is 2. The van der Waals surface area contributed by atoms with E-state index in [0.717, 1.165) is 35.7 Å². The highest BCUT2D eigenvalue weighted by Crippen LogP contribution is 2.37. The molecule has 1 saturated heterocycles. The van der Waals surface area contributed by atoms with Gasteiger partial charge in [-0.25, -0.2) is 27.7 Å². The van der Waals surface area contributed by atoms with Gasteiger partial charge >= 0.3 is 12.2 Å². The molecule has 218 valence electrons. The summed E-state index contributed by atoms with van der Waals surface area (Å²) < 4.78 is 38.8. The molecule has 1 aliphatic heterocycles. The van der Waals surface area contributed by atoms with Crippen molar-refractivity contribution in [1.82, 2.24) is 15.0 Å². The minimum Gasteiger partial charge on any atom is -0.447 e. The molecule has 1 atom stereocenters. The quantitative estimate of drug-likeness (QED) is 0.348. The van der Waals surface area contributed by atoms with Crippen LogP contribution in [0.25, 0.3) is 10.4 Å². The van der Waals surface area contributed by atoms with E-state index in [0.29, 0.717) is 11.3 Å². The summed E-state index contributed by atoms with van der Waals surface area (Å²) in [6.45, 7) is 13.3. The van der Waals surface area contributed by atoms with Gasteiger partial charge in [0.25, 0.3) is 0 Å². The van der Waals surface area contributed by atoms with Gasteiger partial charge in [0, 0.05) is 23.0 Å². The minimum absolute atomic E-state index is 0.0848. The fourth-order valence-corrected chi connectivity index (χ4v) is 6.51. The molecule has 13 heteroatoms. The van der Waals surface area contributed by atoms with E-state index in [9.17, 15) is 18.0 Å². The average molecular weight is 584 g/mol. The van der Waals surface area contributed by atoms with E-state index >= 15 is 0 Å². The first-order valence-electron chi connectivity index (χ1n) is 12.9. The molecule has 1 unspecified atom stereocenters. The van der Waals surface area contributed by atoms with E-state index < -0.39 is 27.7 Å². The number of sulfonamides is 1. The molecule has 0 bridgehead atoms. The summed E-state index contributed by atoms with van der Waals surface area (Å²) in [5.74, 6) is 0. The predicted octanol–water partition coefficient (Wildman–Crippen LogP) is 5.15. The maximum Gasteiger partial charge on any atom is 0.411 e. The van der Waals surface area contributed by atoms with Gasteiger partial charge < -0.3 is 20.5 Å². The first kappa shape index (κ1) is 32.5. The van der Waals surface area contributed by atoms with Gasteiger partial charge in [0.15, 0.2) is 0 Å². The Morgan fingerprint density at radius 3 is 2.31 bits per heavy atom. The van der Waals surface area contributed by atoms with Crippen LogP contribution in [0, 0.1) is 0 Å². The van der Waals surface area contributed by atoms with Crippen LogP contribution in [0.4, 0.5) is 15.3 Å². The maximum absolute atomic E-state index is 13.3. The third-order valence-electron chi connectivity index (χ3n) is 5.05. The number of nitrogens with zero attached hydrogens (tertiary/aromatic N) is 1. The summed E-state index contributed by atoms with van der Waals surface area (Å²) in [6, 6.07) is 5.03. The Labute approximate surface area is 235 Å². The predicted molar refractivity (Wildman–Crippen MR) is 153 cm³/mol. The third-order valence-corrected chi connectivity index (χ3v) is 7.99. The fraction of sp³-hybridized carbons (Fsp3) is 0.577. The number of benzene rings is 1. The second kappa shape index (κ2) is 14.1. The van der Waals surface area contributed by atoms with Gasteiger partial charge in [-0.1, -0.05) is 12.5 Å². The summed E-state index contributed by atoms with van der Waals surface area (Å²) >= 11 is 1.49. The summed E-state index contributed by atoms with van der Waals surface area (Å²) in [7, 11) is -3.87. The summed E-state index contributed by atoms with van der Waals surface area (Å²) in [5.41, 5.74) is 4.85. The second-order valence-corrected chi connectivity index (χ2v) is 13.4. The van der Waals surface area contributed by atoms with Crippen molar-refractivity contribution in [2.24, 2.45) is 5.73 Å². The van der Waals surface area contributed by atoms with Gasteiger partial charge in [0.2, 0.25) is 10.0 Å². The third kappa shape index (κ3) is 11.1. The number of nitrogens with two attached hydrogens (primary N) is 1. The molecule has 1 aromatic carbocycles. The number of hydrogen-bond acceptors (Lipinski definition) is 9. The van der Waals surface area contributed by atoms with Gasteiger partial charge in [0.05, 0.1) is 28.0 Å². The Hall–Kier alpha value is -2.74. The molecular formula is C26H41N5O6S2. The molecular weight excluding hydrogens is 542 g/mol. The number of piperidine rings is 1. The zero-order chi connectivity index (χ0) is 29.4. The van der Waals surface area contributed by atoms with Crippen LogP contribution in [0.1, 0.15) is 78.8 Å². The van der Waals surface area contributed by atoms with Gasteiger partial charge in [-0.3, -0.25) is 5.32 Å². The van der Waals surface area contributed by atoms with Crippen molar-refractivity contribution in [3.63, 3.8) is 0 Å². The minimum atomic E-state index is -3.87. The fourth-order valence-electron chi connectivity index (χ4n) is 3.71. The smallest absolute Gasteiger partial charge is 0.411 e. The lowest BCUT2D eigenvalue weighted by atomic mass is 10.1. The number of carbonyl (C=O) groups is 2. The molecule has 0 saturated carbocycles. The lowest BCUT2D eigenvalue weighted by Gasteiger charge is -2.22. The average Bonchev–Trinajstić information content (AvgIpc) is 3.27. The molecule has 1 aromatic heterocycles. The molecule has 0 spiro atoms. The number of anilines is 1. The van der Waals surface area contributed by atoms with Gasteiger partial charge in [0.1, 0.15) is 5.01 Å². The number of hydrogen-bond donors (Lipinski definition) is 4. The summed E-state index contributed by atoms with van der Waals surface area (Å²) in [4.78, 5) is 27.3. The number of ether oxygens (including phenoxy) is 2. The largest absolute Gasteiger partial charge is 0.447 e. The van der Waals surface area contributed by atoms with Gasteiger partial charge in [-0.2, -0.15) is 0 Å². The van der Waals surface area contributed by atoms with Crippen LogP contribution in [-0.4, -0.2) is 49.9 Å². The van der Waals surface area contributed by atoms with Crippen molar-refractivity contribution in [2.75, 3.05) is 11.9 Å². The standard InChI is InChI=1S/C22H32N4O4S2.C4H9NO2/c1-14(2)30-21(27)25-15-9-10-16(19(12-15)32(28,29)26-22(3,4)5)18-13-24-20(31-18)17-8-6-7-11-23-17;1-3(2)7-4(5)6/h9-10,12-14,17,23,26H,6-8,11H2,1-5H3,(H,25,27);3H,1-2H3,(H2,5,6). The lowest BCUT2D eigenvalue weighted by Crippen LogP contribution is -2.40. The van der Waals surface area contributed by atoms with Crippen LogP contribution < -0.4 is 21.1 Å². The first-order chi connectivity index (χ1) is 18.1. The molecule has 5 N–H and O–H groups in total. The Morgan fingerprint density at radius 1 is 1.13 bits per heavy atom. The van der Waals surface area contributed by atoms with Crippen LogP contribution in [0.5, 0.6) is 0 Å². The Bertz CT molecular complexity index is 1220. The van der Waals surface area contributed by atoms with E-state index in [1.54, 1.807) is 66.8 Å². The monoisotopic (exact) mass is 583 g/mol. The molecule has 1 aliphatic rings. The Kier molecular flexibility index (Phi) is 11.7. The normalized spacial score (nSPS) is 15.9. The van der Waals surface area contributed by atoms with Gasteiger partial charge in [-0.15, -0.1) is 11.3 Å². The van der Waals surface area contributed by atoms with Crippen LogP contribution in [0.2, 0.25) is 0 Å². The van der Waals surface area contributed by atoms with Crippen molar-refractivity contribution in [1.29, 1.82) is 0 Å². The van der Waals surface area contributed by atoms with E-state index in [1.165, 1.54) is 17.4 Å². The maximum atomic E-state index is 13.3. The molecule has 2 aromatic rings. The molecule has 39 heavy (non-hydrogen) atoms. The summed E-state index contributed by atoms with van der Waals surface area (Å²) in [5, 5.41) is 7.04. The zero-order valence-electron chi connectivity index (χ0n) is 23.7. The molecule has 0 aliphatic carbocycles. The van der Waals surface area contributed by atoms with Crippen LogP contribution in [0.3, 0.4) is 0 Å². The molecule has 1 fully saturated rings. The lowest BCUT2D eigenvalue weighted by molar-refractivity contribution is 0.125. The molecule has 11 nitrogen and oxygen atoms in total. The Morgan fingerprint density at radius 2 is 1.79 bits per heavy atom. The molecule has 2 amide bonds. The number of primary amides is 1. The van der Waals surface area contributed by atoms with E-state index in [1.807, 2.05) is 0 Å². The van der Waals surface area contributed by atoms with Gasteiger partial charge in [-0.05, 0) is 80.0 Å². The van der Waals surface area contributed by atoms with Crippen molar-refractivity contribution in [3.05, 3.63) is 29.4 Å². The molecule has 0 radical (unpaired) electrons. The molecule has 2 heterocycles. The number of rotatable bonds is 7. The highest BCUT2D eigenvalue weighted by Gasteiger charge is 2.27. The van der Waals surface area contributed by atoms with Crippen LogP contribution in [-0.2, 0) is 19.5 Å². The summed E-state index contributed by atoms with van der Waals surface area (Å²) in [6.07, 6.45) is 3.31. The number of carbonyl (C=O) groups excluding carboxylic acids is 2. The van der Waals surface area contributed by atoms with E-state index in [4.69, 9.17) is 4.74 Å². The second-order valence-electron chi connectivity index (χ2n) is 10.7. The number of aromatic nitrogens is 1. The van der Waals surface area contributed by atoms with Crippen molar-refractivity contribution < 1.29 is 27.5 Å². The van der Waals surface area contributed by atoms with Crippen molar-refractivity contribution >= 4 is 39.2 Å². The molecule has 3 rings (SSSR count). The first-order valence-corrected chi connectivity index (χ1v) is 15.2. The van der Waals surface area contributed by atoms with Crippen LogP contribution >= 0.6 is 11.3 Å².